The molecule has 2 fully saturated rings. The summed E-state index contributed by atoms with van der Waals surface area (Å²) in [5.41, 5.74) is 0.143. The summed E-state index contributed by atoms with van der Waals surface area (Å²) in [6, 6.07) is 0. The first-order valence-corrected chi connectivity index (χ1v) is 7.88. The van der Waals surface area contributed by atoms with Crippen molar-refractivity contribution in [2.24, 2.45) is 38.1 Å². The predicted molar refractivity (Wildman–Crippen MR) is 79.6 cm³/mol. The molecular weight excluding hydrogens is 282 g/mol. The first-order valence-electron chi connectivity index (χ1n) is 7.88. The predicted octanol–water partition coefficient (Wildman–Crippen LogP) is 2.20. The van der Waals surface area contributed by atoms with Gasteiger partial charge in [0, 0.05) is 0 Å². The summed E-state index contributed by atoms with van der Waals surface area (Å²) in [5.74, 6) is 1.50. The SMILES string of the molecule is O=C=NCCCC1C2CCC(CCN=C=O)(C2)C1CN=C=O. The van der Waals surface area contributed by atoms with Crippen LogP contribution < -0.4 is 0 Å². The Balaban J connectivity index is 2.07. The van der Waals surface area contributed by atoms with Gasteiger partial charge in [0.15, 0.2) is 0 Å². The van der Waals surface area contributed by atoms with Crippen molar-refractivity contribution >= 4 is 18.2 Å². The van der Waals surface area contributed by atoms with Crippen molar-refractivity contribution in [1.29, 1.82) is 0 Å². The Morgan fingerprint density at radius 1 is 1.00 bits per heavy atom. The molecule has 2 aliphatic rings. The lowest BCUT2D eigenvalue weighted by Crippen LogP contribution is -2.34. The second-order valence-electron chi connectivity index (χ2n) is 6.41. The first-order chi connectivity index (χ1) is 10.8. The number of hydrogen-bond acceptors (Lipinski definition) is 6. The van der Waals surface area contributed by atoms with E-state index in [9.17, 15) is 14.4 Å². The number of hydrogen-bond donors (Lipinski definition) is 0. The van der Waals surface area contributed by atoms with E-state index in [1.165, 1.54) is 6.42 Å². The molecule has 4 unspecified atom stereocenters. The van der Waals surface area contributed by atoms with Gasteiger partial charge in [-0.25, -0.2) is 29.4 Å². The van der Waals surface area contributed by atoms with E-state index >= 15 is 0 Å². The number of isocyanates is 3. The third-order valence-electron chi connectivity index (χ3n) is 5.60. The third-order valence-corrected chi connectivity index (χ3v) is 5.60. The zero-order valence-electron chi connectivity index (χ0n) is 12.7. The zero-order valence-corrected chi connectivity index (χ0v) is 12.7. The van der Waals surface area contributed by atoms with Crippen LogP contribution in [0.15, 0.2) is 15.0 Å². The largest absolute Gasteiger partial charge is 0.234 e. The van der Waals surface area contributed by atoms with E-state index in [0.717, 1.165) is 32.1 Å². The van der Waals surface area contributed by atoms with Gasteiger partial charge in [0.25, 0.3) is 0 Å². The van der Waals surface area contributed by atoms with Gasteiger partial charge in [-0.05, 0) is 61.7 Å². The van der Waals surface area contributed by atoms with Gasteiger partial charge in [0.2, 0.25) is 18.2 Å². The minimum Gasteiger partial charge on any atom is -0.211 e. The van der Waals surface area contributed by atoms with Crippen molar-refractivity contribution in [3.63, 3.8) is 0 Å². The molecule has 6 nitrogen and oxygen atoms in total. The highest BCUT2D eigenvalue weighted by Gasteiger charge is 2.56. The molecule has 0 heterocycles. The molecule has 0 aliphatic heterocycles. The Kier molecular flexibility index (Phi) is 5.97. The van der Waals surface area contributed by atoms with E-state index in [1.807, 2.05) is 0 Å². The lowest BCUT2D eigenvalue weighted by atomic mass is 9.67. The molecule has 0 spiro atoms. The maximum absolute atomic E-state index is 10.5. The maximum atomic E-state index is 10.5. The third kappa shape index (κ3) is 3.48. The Bertz CT molecular complexity index is 531. The van der Waals surface area contributed by atoms with Crippen LogP contribution in [0.5, 0.6) is 0 Å². The molecule has 0 N–H and O–H groups in total. The molecule has 0 aromatic heterocycles. The molecule has 22 heavy (non-hydrogen) atoms. The summed E-state index contributed by atoms with van der Waals surface area (Å²) in [7, 11) is 0. The summed E-state index contributed by atoms with van der Waals surface area (Å²) in [4.78, 5) is 42.1. The molecule has 0 saturated heterocycles. The molecule has 0 aromatic carbocycles. The van der Waals surface area contributed by atoms with Crippen LogP contribution in [0.25, 0.3) is 0 Å². The zero-order chi connectivity index (χ0) is 15.8. The standard InChI is InChI=1S/C16H21N3O3/c20-10-17-6-1-2-14-13-3-4-16(8-13,5-7-18-11-21)15(14)9-19-12-22/h13-15H,1-9H2. The monoisotopic (exact) mass is 303 g/mol. The second-order valence-corrected chi connectivity index (χ2v) is 6.41. The van der Waals surface area contributed by atoms with Crippen LogP contribution in [0.1, 0.15) is 38.5 Å². The highest BCUT2D eigenvalue weighted by Crippen LogP contribution is 2.63. The fourth-order valence-corrected chi connectivity index (χ4v) is 4.77. The second kappa shape index (κ2) is 7.95. The molecule has 2 rings (SSSR count). The van der Waals surface area contributed by atoms with Gasteiger partial charge < -0.3 is 0 Å². The number of aliphatic imine (C=N–C) groups is 3. The van der Waals surface area contributed by atoms with Crippen molar-refractivity contribution < 1.29 is 14.4 Å². The van der Waals surface area contributed by atoms with Crippen molar-refractivity contribution in [2.45, 2.75) is 38.5 Å². The molecule has 4 atom stereocenters. The quantitative estimate of drug-likeness (QED) is 0.371. The lowest BCUT2D eigenvalue weighted by molar-refractivity contribution is 0.121. The summed E-state index contributed by atoms with van der Waals surface area (Å²) in [6.45, 7) is 1.52. The Labute approximate surface area is 129 Å². The molecular formula is C16H21N3O3. The van der Waals surface area contributed by atoms with Crippen molar-refractivity contribution in [3.05, 3.63) is 0 Å². The average Bonchev–Trinajstić information content (AvgIpc) is 3.06. The van der Waals surface area contributed by atoms with E-state index in [1.54, 1.807) is 18.2 Å². The average molecular weight is 303 g/mol. The van der Waals surface area contributed by atoms with Crippen LogP contribution in [0.2, 0.25) is 0 Å². The van der Waals surface area contributed by atoms with Crippen LogP contribution in [-0.4, -0.2) is 37.9 Å². The van der Waals surface area contributed by atoms with Crippen molar-refractivity contribution in [2.75, 3.05) is 19.6 Å². The van der Waals surface area contributed by atoms with E-state index in [2.05, 4.69) is 15.0 Å². The highest BCUT2D eigenvalue weighted by molar-refractivity contribution is 5.33. The molecule has 2 bridgehead atoms. The molecule has 0 amide bonds. The smallest absolute Gasteiger partial charge is 0.211 e. The lowest BCUT2D eigenvalue weighted by Gasteiger charge is -2.38. The van der Waals surface area contributed by atoms with Gasteiger partial charge in [0.05, 0.1) is 19.6 Å². The fraction of sp³-hybridized carbons (Fsp3) is 0.812. The van der Waals surface area contributed by atoms with E-state index < -0.39 is 0 Å². The van der Waals surface area contributed by atoms with E-state index in [-0.39, 0.29) is 5.41 Å². The minimum absolute atomic E-state index is 0.143. The van der Waals surface area contributed by atoms with Crippen molar-refractivity contribution in [1.82, 2.24) is 0 Å². The highest BCUT2D eigenvalue weighted by atomic mass is 16.1. The van der Waals surface area contributed by atoms with Gasteiger partial charge in [-0.15, -0.1) is 0 Å². The van der Waals surface area contributed by atoms with Crippen LogP contribution in [0.4, 0.5) is 0 Å². The van der Waals surface area contributed by atoms with Gasteiger partial charge in [-0.1, -0.05) is 0 Å². The van der Waals surface area contributed by atoms with Crippen LogP contribution in [0.3, 0.4) is 0 Å². The molecule has 118 valence electrons. The van der Waals surface area contributed by atoms with Crippen molar-refractivity contribution in [3.8, 4) is 0 Å². The summed E-state index contributed by atoms with van der Waals surface area (Å²) >= 11 is 0. The number of carbonyl (C=O) groups excluding carboxylic acids is 3. The summed E-state index contributed by atoms with van der Waals surface area (Å²) in [6.07, 6.45) is 11.0. The van der Waals surface area contributed by atoms with Crippen LogP contribution in [-0.2, 0) is 14.4 Å². The molecule has 2 saturated carbocycles. The number of fused-ring (bicyclic) bond motifs is 2. The van der Waals surface area contributed by atoms with Gasteiger partial charge in [-0.2, -0.15) is 0 Å². The maximum Gasteiger partial charge on any atom is 0.234 e. The molecule has 2 aliphatic carbocycles. The Hall–Kier alpha value is -1.86. The Morgan fingerprint density at radius 3 is 2.45 bits per heavy atom. The first kappa shape index (κ1) is 16.5. The minimum atomic E-state index is 0.143. The van der Waals surface area contributed by atoms with Crippen LogP contribution in [0, 0.1) is 23.2 Å². The molecule has 0 radical (unpaired) electrons. The fourth-order valence-electron chi connectivity index (χ4n) is 4.77. The summed E-state index contributed by atoms with van der Waals surface area (Å²) < 4.78 is 0. The Morgan fingerprint density at radius 2 is 1.73 bits per heavy atom. The van der Waals surface area contributed by atoms with Gasteiger partial charge >= 0.3 is 0 Å². The topological polar surface area (TPSA) is 88.3 Å². The van der Waals surface area contributed by atoms with E-state index in [0.29, 0.717) is 37.4 Å². The van der Waals surface area contributed by atoms with Crippen LogP contribution >= 0.6 is 0 Å². The molecule has 6 heteroatoms. The number of nitrogens with zero attached hydrogens (tertiary/aromatic N) is 3. The molecule has 0 aromatic rings. The van der Waals surface area contributed by atoms with Gasteiger partial charge in [0.1, 0.15) is 0 Å². The van der Waals surface area contributed by atoms with E-state index in [4.69, 9.17) is 0 Å². The summed E-state index contributed by atoms with van der Waals surface area (Å²) in [5, 5.41) is 0. The normalized spacial score (nSPS) is 31.9. The number of rotatable bonds is 9. The van der Waals surface area contributed by atoms with Gasteiger partial charge in [-0.3, -0.25) is 0 Å².